The molecule has 3 aromatic rings. The van der Waals surface area contributed by atoms with E-state index in [0.29, 0.717) is 18.1 Å². The number of rotatable bonds is 6. The van der Waals surface area contributed by atoms with Crippen LogP contribution in [0.3, 0.4) is 0 Å². The third-order valence-electron chi connectivity index (χ3n) is 6.24. The predicted octanol–water partition coefficient (Wildman–Crippen LogP) is 2.71. The molecule has 2 amide bonds. The highest BCUT2D eigenvalue weighted by Crippen LogP contribution is 2.39. The van der Waals surface area contributed by atoms with E-state index >= 15 is 0 Å². The molecule has 0 aliphatic carbocycles. The predicted molar refractivity (Wildman–Crippen MR) is 130 cm³/mol. The summed E-state index contributed by atoms with van der Waals surface area (Å²) < 4.78 is 45.0. The summed E-state index contributed by atoms with van der Waals surface area (Å²) in [4.78, 5) is 33.8. The van der Waals surface area contributed by atoms with Gasteiger partial charge in [0.1, 0.15) is 12.7 Å². The number of carbonyl (C=O) groups is 1. The van der Waals surface area contributed by atoms with Crippen molar-refractivity contribution in [3.8, 4) is 17.4 Å². The van der Waals surface area contributed by atoms with Crippen molar-refractivity contribution >= 4 is 23.2 Å². The molecule has 0 radical (unpaired) electrons. The van der Waals surface area contributed by atoms with E-state index in [-0.39, 0.29) is 35.7 Å². The zero-order valence-corrected chi connectivity index (χ0v) is 20.0. The minimum Gasteiger partial charge on any atom is -0.461 e. The van der Waals surface area contributed by atoms with Gasteiger partial charge in [0.2, 0.25) is 0 Å². The summed E-state index contributed by atoms with van der Waals surface area (Å²) in [6, 6.07) is 4.00. The van der Waals surface area contributed by atoms with Crippen LogP contribution in [0.4, 0.5) is 35.2 Å². The molecule has 200 valence electrons. The Hall–Kier alpha value is -4.04. The van der Waals surface area contributed by atoms with Crippen LogP contribution in [0.2, 0.25) is 0 Å². The number of hydrogen-bond acceptors (Lipinski definition) is 9. The molecule has 2 atom stereocenters. The van der Waals surface area contributed by atoms with Gasteiger partial charge in [-0.15, -0.1) is 0 Å². The molecule has 1 aromatic carbocycles. The number of urea groups is 1. The Kier molecular flexibility index (Phi) is 6.99. The normalized spacial score (nSPS) is 17.6. The fraction of sp³-hybridized carbons (Fsp3) is 0.375. The number of anilines is 3. The summed E-state index contributed by atoms with van der Waals surface area (Å²) in [7, 11) is 0. The number of aromatic nitrogens is 4. The van der Waals surface area contributed by atoms with E-state index in [1.54, 1.807) is 0 Å². The molecule has 4 heterocycles. The maximum Gasteiger partial charge on any atom is 0.416 e. The Labute approximate surface area is 214 Å². The Balaban J connectivity index is 1.41. The maximum absolute atomic E-state index is 13.4. The van der Waals surface area contributed by atoms with E-state index in [9.17, 15) is 23.1 Å². The van der Waals surface area contributed by atoms with Crippen molar-refractivity contribution in [2.45, 2.75) is 31.2 Å². The van der Waals surface area contributed by atoms with Gasteiger partial charge < -0.3 is 25.2 Å². The van der Waals surface area contributed by atoms with Gasteiger partial charge in [0.15, 0.2) is 11.6 Å². The van der Waals surface area contributed by atoms with Gasteiger partial charge >= 0.3 is 18.2 Å². The first-order valence-electron chi connectivity index (χ1n) is 11.9. The number of piperidine rings is 1. The maximum atomic E-state index is 13.4. The van der Waals surface area contributed by atoms with Crippen LogP contribution in [0, 0.1) is 0 Å². The van der Waals surface area contributed by atoms with E-state index in [0.717, 1.165) is 31.5 Å². The highest BCUT2D eigenvalue weighted by molar-refractivity contribution is 6.04. The SMILES string of the molecule is O=C(Nc1cnc(OC[C@@H](O)CO)nc1)N1c2nc(-c3cccc(C(F)(F)F)c3)ncc2N2CCCC1C2. The standard InChI is InChI=1S/C24H24F3N7O4/c25-24(26,27)15-4-1-3-14(7-15)20-28-10-19-21(32-20)34(17-5-2-6-33(19)11-17)23(37)31-16-8-29-22(30-9-16)38-13-18(36)12-35/h1,3-4,7-10,17-18,35-36H,2,5-6,11-13H2,(H,31,37)/t17?,18-/m0/s1. The number of aliphatic hydroxyl groups is 2. The third-order valence-corrected chi connectivity index (χ3v) is 6.24. The van der Waals surface area contributed by atoms with Crippen molar-refractivity contribution in [2.75, 3.05) is 41.4 Å². The van der Waals surface area contributed by atoms with Crippen molar-refractivity contribution in [3.63, 3.8) is 0 Å². The molecule has 38 heavy (non-hydrogen) atoms. The van der Waals surface area contributed by atoms with Gasteiger partial charge in [-0.1, -0.05) is 12.1 Å². The van der Waals surface area contributed by atoms with Crippen molar-refractivity contribution in [1.29, 1.82) is 0 Å². The number of halogens is 3. The monoisotopic (exact) mass is 531 g/mol. The number of amides is 2. The lowest BCUT2D eigenvalue weighted by Crippen LogP contribution is -2.56. The Bertz CT molecular complexity index is 1310. The van der Waals surface area contributed by atoms with Crippen LogP contribution in [0.5, 0.6) is 6.01 Å². The summed E-state index contributed by atoms with van der Waals surface area (Å²) in [6.07, 6.45) is 0.182. The number of ether oxygens (including phenoxy) is 1. The first-order valence-corrected chi connectivity index (χ1v) is 11.9. The van der Waals surface area contributed by atoms with Crippen LogP contribution in [-0.2, 0) is 6.18 Å². The van der Waals surface area contributed by atoms with E-state index in [4.69, 9.17) is 9.84 Å². The van der Waals surface area contributed by atoms with E-state index in [1.807, 2.05) is 0 Å². The van der Waals surface area contributed by atoms with Gasteiger partial charge in [0, 0.05) is 18.7 Å². The summed E-state index contributed by atoms with van der Waals surface area (Å²) in [5, 5.41) is 21.0. The fourth-order valence-electron chi connectivity index (χ4n) is 4.42. The Morgan fingerprint density at radius 1 is 1.21 bits per heavy atom. The van der Waals surface area contributed by atoms with Gasteiger partial charge in [-0.2, -0.15) is 13.2 Å². The van der Waals surface area contributed by atoms with Gasteiger partial charge in [-0.3, -0.25) is 4.90 Å². The molecule has 0 spiro atoms. The van der Waals surface area contributed by atoms with Crippen molar-refractivity contribution in [2.24, 2.45) is 0 Å². The minimum atomic E-state index is -4.51. The van der Waals surface area contributed by atoms with Crippen LogP contribution in [0.1, 0.15) is 18.4 Å². The summed E-state index contributed by atoms with van der Waals surface area (Å²) in [5.41, 5.74) is 0.264. The lowest BCUT2D eigenvalue weighted by atomic mass is 10.0. The molecule has 11 nitrogen and oxygen atoms in total. The summed E-state index contributed by atoms with van der Waals surface area (Å²) >= 11 is 0. The molecule has 5 rings (SSSR count). The molecule has 1 unspecified atom stereocenters. The number of nitrogens with zero attached hydrogens (tertiary/aromatic N) is 6. The second-order valence-electron chi connectivity index (χ2n) is 8.92. The molecule has 2 aliphatic rings. The van der Waals surface area contributed by atoms with E-state index in [2.05, 4.69) is 30.2 Å². The topological polar surface area (TPSA) is 137 Å². The van der Waals surface area contributed by atoms with Gasteiger partial charge in [-0.05, 0) is 25.0 Å². The number of benzene rings is 1. The largest absolute Gasteiger partial charge is 0.461 e. The highest BCUT2D eigenvalue weighted by Gasteiger charge is 2.39. The number of fused-ring (bicyclic) bond motifs is 4. The Morgan fingerprint density at radius 3 is 2.74 bits per heavy atom. The van der Waals surface area contributed by atoms with Crippen LogP contribution in [0.25, 0.3) is 11.4 Å². The van der Waals surface area contributed by atoms with Crippen LogP contribution < -0.4 is 19.9 Å². The molecular formula is C24H24F3N7O4. The molecular weight excluding hydrogens is 507 g/mol. The molecule has 3 N–H and O–H groups in total. The number of alkyl halides is 3. The summed E-state index contributed by atoms with van der Waals surface area (Å²) in [5.74, 6) is 0.378. The molecule has 2 aromatic heterocycles. The Morgan fingerprint density at radius 2 is 2.00 bits per heavy atom. The quantitative estimate of drug-likeness (QED) is 0.439. The molecule has 1 fully saturated rings. The minimum absolute atomic E-state index is 0.0415. The van der Waals surface area contributed by atoms with Crippen molar-refractivity contribution in [1.82, 2.24) is 19.9 Å². The second kappa shape index (κ2) is 10.4. The number of hydrogen-bond donors (Lipinski definition) is 3. The number of aliphatic hydroxyl groups excluding tert-OH is 2. The molecule has 1 saturated heterocycles. The zero-order chi connectivity index (χ0) is 26.9. The van der Waals surface area contributed by atoms with Crippen molar-refractivity contribution < 1.29 is 32.9 Å². The van der Waals surface area contributed by atoms with Gasteiger partial charge in [0.05, 0.1) is 48.2 Å². The highest BCUT2D eigenvalue weighted by atomic mass is 19.4. The lowest BCUT2D eigenvalue weighted by molar-refractivity contribution is -0.137. The lowest BCUT2D eigenvalue weighted by Gasteiger charge is -2.45. The second-order valence-corrected chi connectivity index (χ2v) is 8.92. The van der Waals surface area contributed by atoms with E-state index < -0.39 is 30.5 Å². The van der Waals surface area contributed by atoms with Crippen LogP contribution >= 0.6 is 0 Å². The number of carbonyl (C=O) groups excluding carboxylic acids is 1. The smallest absolute Gasteiger partial charge is 0.416 e. The molecule has 2 aliphatic heterocycles. The van der Waals surface area contributed by atoms with Crippen LogP contribution in [-0.4, -0.2) is 74.6 Å². The first-order chi connectivity index (χ1) is 18.2. The molecule has 2 bridgehead atoms. The van der Waals surface area contributed by atoms with Gasteiger partial charge in [-0.25, -0.2) is 24.7 Å². The fourth-order valence-corrected chi connectivity index (χ4v) is 4.42. The van der Waals surface area contributed by atoms with Crippen LogP contribution in [0.15, 0.2) is 42.9 Å². The average molecular weight is 531 g/mol. The molecule has 0 saturated carbocycles. The zero-order valence-electron chi connectivity index (χ0n) is 20.0. The van der Waals surface area contributed by atoms with Crippen molar-refractivity contribution in [3.05, 3.63) is 48.4 Å². The van der Waals surface area contributed by atoms with Gasteiger partial charge in [0.25, 0.3) is 0 Å². The summed E-state index contributed by atoms with van der Waals surface area (Å²) in [6.45, 7) is 0.663. The number of nitrogens with one attached hydrogen (secondary N) is 1. The molecule has 14 heteroatoms. The average Bonchev–Trinajstić information content (AvgIpc) is 2.92. The van der Waals surface area contributed by atoms with E-state index in [1.165, 1.54) is 35.6 Å². The first kappa shape index (κ1) is 25.6. The third kappa shape index (κ3) is 5.31.